The summed E-state index contributed by atoms with van der Waals surface area (Å²) < 4.78 is 10.9. The van der Waals surface area contributed by atoms with Crippen molar-refractivity contribution in [3.63, 3.8) is 0 Å². The molecule has 0 radical (unpaired) electrons. The molecule has 24 heavy (non-hydrogen) atoms. The lowest BCUT2D eigenvalue weighted by Crippen LogP contribution is -2.20. The van der Waals surface area contributed by atoms with Gasteiger partial charge >= 0.3 is 5.97 Å². The van der Waals surface area contributed by atoms with E-state index in [0.717, 1.165) is 32.1 Å². The standard InChI is InChI=1S/C19H16O5/c20-16-12-8-4-5-9-13(12)17(21)18-14(16)10-15(24-18)19(22)23-11-6-2-1-3-7-11/h4-5,8-11H,1-3,6-7H2. The zero-order chi connectivity index (χ0) is 16.7. The molecule has 1 aromatic heterocycles. The summed E-state index contributed by atoms with van der Waals surface area (Å²) in [6.07, 6.45) is 4.81. The van der Waals surface area contributed by atoms with Crippen LogP contribution in [0.1, 0.15) is 74.7 Å². The monoisotopic (exact) mass is 324 g/mol. The Morgan fingerprint density at radius 3 is 2.33 bits per heavy atom. The number of hydrogen-bond acceptors (Lipinski definition) is 5. The van der Waals surface area contributed by atoms with E-state index in [-0.39, 0.29) is 34.8 Å². The van der Waals surface area contributed by atoms with E-state index >= 15 is 0 Å². The number of ether oxygens (including phenoxy) is 1. The molecule has 0 bridgehead atoms. The zero-order valence-electron chi connectivity index (χ0n) is 13.0. The topological polar surface area (TPSA) is 73.6 Å². The van der Waals surface area contributed by atoms with Gasteiger partial charge in [-0.3, -0.25) is 9.59 Å². The maximum atomic E-state index is 12.5. The van der Waals surface area contributed by atoms with Gasteiger partial charge in [-0.1, -0.05) is 30.7 Å². The molecule has 0 unspecified atom stereocenters. The van der Waals surface area contributed by atoms with Gasteiger partial charge in [-0.15, -0.1) is 0 Å². The quantitative estimate of drug-likeness (QED) is 0.674. The molecular weight excluding hydrogens is 308 g/mol. The van der Waals surface area contributed by atoms with Crippen LogP contribution >= 0.6 is 0 Å². The first kappa shape index (κ1) is 14.9. The number of carbonyl (C=O) groups excluding carboxylic acids is 3. The van der Waals surface area contributed by atoms with Gasteiger partial charge in [0.2, 0.25) is 11.5 Å². The van der Waals surface area contributed by atoms with Gasteiger partial charge < -0.3 is 9.15 Å². The lowest BCUT2D eigenvalue weighted by Gasteiger charge is -2.21. The van der Waals surface area contributed by atoms with Crippen LogP contribution in [0.4, 0.5) is 0 Å². The SMILES string of the molecule is O=C(OC1CCCCC1)c1cc2c(o1)C(=O)c1ccccc1C2=O. The predicted molar refractivity (Wildman–Crippen MR) is 84.3 cm³/mol. The normalized spacial score (nSPS) is 17.3. The highest BCUT2D eigenvalue weighted by Gasteiger charge is 2.35. The molecule has 1 aromatic carbocycles. The lowest BCUT2D eigenvalue weighted by molar-refractivity contribution is 0.0176. The number of ketones is 2. The second-order valence-electron chi connectivity index (χ2n) is 6.22. The summed E-state index contributed by atoms with van der Waals surface area (Å²) in [6, 6.07) is 7.91. The number of hydrogen-bond donors (Lipinski definition) is 0. The fourth-order valence-corrected chi connectivity index (χ4v) is 3.37. The van der Waals surface area contributed by atoms with Gasteiger partial charge in [0, 0.05) is 17.2 Å². The summed E-state index contributed by atoms with van der Waals surface area (Å²) in [5, 5.41) is 0. The Balaban J connectivity index is 1.63. The van der Waals surface area contributed by atoms with Crippen molar-refractivity contribution in [3.05, 3.63) is 58.5 Å². The van der Waals surface area contributed by atoms with E-state index < -0.39 is 5.97 Å². The van der Waals surface area contributed by atoms with Crippen LogP contribution in [-0.2, 0) is 4.74 Å². The van der Waals surface area contributed by atoms with Gasteiger partial charge in [0.15, 0.2) is 11.5 Å². The molecule has 2 aliphatic rings. The molecule has 0 atom stereocenters. The molecule has 1 heterocycles. The first-order valence-electron chi connectivity index (χ1n) is 8.18. The first-order chi connectivity index (χ1) is 11.6. The Labute approximate surface area is 138 Å². The van der Waals surface area contributed by atoms with Gasteiger partial charge in [-0.05, 0) is 25.7 Å². The molecule has 1 saturated carbocycles. The Morgan fingerprint density at radius 1 is 0.958 bits per heavy atom. The summed E-state index contributed by atoms with van der Waals surface area (Å²) in [6.45, 7) is 0. The van der Waals surface area contributed by atoms with Crippen LogP contribution in [0.3, 0.4) is 0 Å². The second-order valence-corrected chi connectivity index (χ2v) is 6.22. The van der Waals surface area contributed by atoms with E-state index in [1.54, 1.807) is 24.3 Å². The highest BCUT2D eigenvalue weighted by molar-refractivity contribution is 6.27. The second kappa shape index (κ2) is 5.74. The van der Waals surface area contributed by atoms with Crippen molar-refractivity contribution >= 4 is 17.5 Å². The Morgan fingerprint density at radius 2 is 1.62 bits per heavy atom. The van der Waals surface area contributed by atoms with Crippen LogP contribution in [-0.4, -0.2) is 23.6 Å². The van der Waals surface area contributed by atoms with Gasteiger partial charge in [-0.2, -0.15) is 0 Å². The van der Waals surface area contributed by atoms with Gasteiger partial charge in [0.1, 0.15) is 6.10 Å². The largest absolute Gasteiger partial charge is 0.457 e. The number of benzene rings is 1. The molecule has 2 aromatic rings. The number of rotatable bonds is 2. The van der Waals surface area contributed by atoms with E-state index in [2.05, 4.69) is 0 Å². The van der Waals surface area contributed by atoms with E-state index in [1.807, 2.05) is 0 Å². The van der Waals surface area contributed by atoms with E-state index in [0.29, 0.717) is 11.1 Å². The minimum absolute atomic E-state index is 0.0747. The molecule has 0 spiro atoms. The minimum Gasteiger partial charge on any atom is -0.457 e. The predicted octanol–water partition coefficient (Wildman–Crippen LogP) is 3.54. The van der Waals surface area contributed by atoms with Crippen molar-refractivity contribution in [2.75, 3.05) is 0 Å². The molecule has 4 rings (SSSR count). The third kappa shape index (κ3) is 2.37. The highest BCUT2D eigenvalue weighted by atomic mass is 16.6. The molecule has 122 valence electrons. The Kier molecular flexibility index (Phi) is 3.56. The molecular formula is C19H16O5. The zero-order valence-corrected chi connectivity index (χ0v) is 13.0. The fourth-order valence-electron chi connectivity index (χ4n) is 3.37. The number of esters is 1. The molecule has 0 amide bonds. The summed E-state index contributed by atoms with van der Waals surface area (Å²) >= 11 is 0. The van der Waals surface area contributed by atoms with Crippen LogP contribution < -0.4 is 0 Å². The van der Waals surface area contributed by atoms with Crippen LogP contribution in [0, 0.1) is 0 Å². The summed E-state index contributed by atoms with van der Waals surface area (Å²) in [7, 11) is 0. The van der Waals surface area contributed by atoms with Crippen LogP contribution in [0.15, 0.2) is 34.7 Å². The third-order valence-corrected chi connectivity index (χ3v) is 4.63. The van der Waals surface area contributed by atoms with E-state index in [1.165, 1.54) is 6.07 Å². The van der Waals surface area contributed by atoms with Crippen molar-refractivity contribution in [1.82, 2.24) is 0 Å². The smallest absolute Gasteiger partial charge is 0.374 e. The lowest BCUT2D eigenvalue weighted by atomic mass is 9.89. The minimum atomic E-state index is -0.610. The van der Waals surface area contributed by atoms with Gasteiger partial charge in [0.25, 0.3) is 0 Å². The van der Waals surface area contributed by atoms with E-state index in [4.69, 9.17) is 9.15 Å². The molecule has 1 fully saturated rings. The Hall–Kier alpha value is -2.69. The average molecular weight is 324 g/mol. The molecule has 2 aliphatic carbocycles. The maximum absolute atomic E-state index is 12.5. The molecule has 0 N–H and O–H groups in total. The summed E-state index contributed by atoms with van der Waals surface area (Å²) in [4.78, 5) is 37.3. The van der Waals surface area contributed by atoms with Crippen molar-refractivity contribution < 1.29 is 23.5 Å². The molecule has 5 heteroatoms. The summed E-state index contributed by atoms with van der Waals surface area (Å²) in [5.74, 6) is -1.45. The van der Waals surface area contributed by atoms with Crippen LogP contribution in [0.25, 0.3) is 0 Å². The van der Waals surface area contributed by atoms with Crippen molar-refractivity contribution in [1.29, 1.82) is 0 Å². The third-order valence-electron chi connectivity index (χ3n) is 4.63. The van der Waals surface area contributed by atoms with Gasteiger partial charge in [0.05, 0.1) is 5.56 Å². The molecule has 5 nitrogen and oxygen atoms in total. The Bertz CT molecular complexity index is 787. The van der Waals surface area contributed by atoms with E-state index in [9.17, 15) is 14.4 Å². The number of carbonyl (C=O) groups is 3. The van der Waals surface area contributed by atoms with Crippen molar-refractivity contribution in [3.8, 4) is 0 Å². The summed E-state index contributed by atoms with van der Waals surface area (Å²) in [5.41, 5.74) is 0.772. The van der Waals surface area contributed by atoms with Crippen molar-refractivity contribution in [2.24, 2.45) is 0 Å². The van der Waals surface area contributed by atoms with Crippen LogP contribution in [0.2, 0.25) is 0 Å². The number of fused-ring (bicyclic) bond motifs is 2. The molecule has 0 aliphatic heterocycles. The fraction of sp³-hybridized carbons (Fsp3) is 0.316. The highest BCUT2D eigenvalue weighted by Crippen LogP contribution is 2.30. The number of furan rings is 1. The first-order valence-corrected chi connectivity index (χ1v) is 8.18. The van der Waals surface area contributed by atoms with Crippen LogP contribution in [0.5, 0.6) is 0 Å². The average Bonchev–Trinajstić information content (AvgIpc) is 3.07. The van der Waals surface area contributed by atoms with Gasteiger partial charge in [-0.25, -0.2) is 4.79 Å². The van der Waals surface area contributed by atoms with Crippen molar-refractivity contribution in [2.45, 2.75) is 38.2 Å². The maximum Gasteiger partial charge on any atom is 0.374 e. The molecule has 0 saturated heterocycles.